The first-order valence-corrected chi connectivity index (χ1v) is 6.85. The lowest BCUT2D eigenvalue weighted by molar-refractivity contribution is -0.147. The minimum atomic E-state index is -1.02. The molecule has 1 fully saturated rings. The van der Waals surface area contributed by atoms with Crippen LogP contribution in [0.15, 0.2) is 16.8 Å². The van der Waals surface area contributed by atoms with Crippen LogP contribution < -0.4 is 5.32 Å². The van der Waals surface area contributed by atoms with E-state index in [-0.39, 0.29) is 24.7 Å². The van der Waals surface area contributed by atoms with Crippen molar-refractivity contribution in [2.24, 2.45) is 0 Å². The van der Waals surface area contributed by atoms with Crippen molar-refractivity contribution in [3.63, 3.8) is 0 Å². The maximum absolute atomic E-state index is 11.9. The zero-order valence-corrected chi connectivity index (χ0v) is 11.0. The Morgan fingerprint density at radius 2 is 2.42 bits per heavy atom. The average molecular weight is 285 g/mol. The number of hydrogen-bond acceptors (Lipinski definition) is 5. The Morgan fingerprint density at radius 1 is 1.58 bits per heavy atom. The number of carboxylic acid groups (broad SMARTS) is 1. The van der Waals surface area contributed by atoms with Gasteiger partial charge in [-0.15, -0.1) is 0 Å². The normalized spacial score (nSPS) is 22.9. The molecule has 0 unspecified atom stereocenters. The third-order valence-electron chi connectivity index (χ3n) is 2.81. The van der Waals surface area contributed by atoms with Gasteiger partial charge in [-0.1, -0.05) is 0 Å². The Balaban J connectivity index is 1.91. The highest BCUT2D eigenvalue weighted by atomic mass is 32.1. The van der Waals surface area contributed by atoms with Gasteiger partial charge in [0.15, 0.2) is 0 Å². The van der Waals surface area contributed by atoms with E-state index in [2.05, 4.69) is 5.32 Å². The summed E-state index contributed by atoms with van der Waals surface area (Å²) in [6.07, 6.45) is 0.245. The number of ether oxygens (including phenoxy) is 2. The van der Waals surface area contributed by atoms with Crippen LogP contribution in [0.2, 0.25) is 0 Å². The molecule has 0 aliphatic carbocycles. The molecule has 6 nitrogen and oxygen atoms in total. The SMILES string of the molecule is O=C(O)CO[C@@H]1CCOC[C@@H]1NC(=O)c1ccsc1. The van der Waals surface area contributed by atoms with Crippen molar-refractivity contribution < 1.29 is 24.2 Å². The molecular weight excluding hydrogens is 270 g/mol. The van der Waals surface area contributed by atoms with Gasteiger partial charge in [-0.2, -0.15) is 11.3 Å². The van der Waals surface area contributed by atoms with Crippen molar-refractivity contribution in [2.45, 2.75) is 18.6 Å². The summed E-state index contributed by atoms with van der Waals surface area (Å²) < 4.78 is 10.6. The van der Waals surface area contributed by atoms with E-state index >= 15 is 0 Å². The van der Waals surface area contributed by atoms with Gasteiger partial charge in [-0.3, -0.25) is 4.79 Å². The largest absolute Gasteiger partial charge is 0.480 e. The molecule has 1 saturated heterocycles. The molecule has 7 heteroatoms. The molecule has 1 aliphatic rings. The smallest absolute Gasteiger partial charge is 0.329 e. The maximum atomic E-state index is 11.9. The zero-order valence-electron chi connectivity index (χ0n) is 10.2. The predicted molar refractivity (Wildman–Crippen MR) is 68.4 cm³/mol. The Bertz CT molecular complexity index is 433. The zero-order chi connectivity index (χ0) is 13.7. The van der Waals surface area contributed by atoms with Crippen LogP contribution in [-0.2, 0) is 14.3 Å². The van der Waals surface area contributed by atoms with Gasteiger partial charge in [-0.05, 0) is 17.9 Å². The molecule has 104 valence electrons. The second-order valence-corrected chi connectivity index (χ2v) is 4.98. The van der Waals surface area contributed by atoms with Gasteiger partial charge in [0.25, 0.3) is 5.91 Å². The number of hydrogen-bond donors (Lipinski definition) is 2. The maximum Gasteiger partial charge on any atom is 0.329 e. The van der Waals surface area contributed by atoms with Crippen LogP contribution in [-0.4, -0.2) is 48.9 Å². The number of rotatable bonds is 5. The number of aliphatic carboxylic acids is 1. The van der Waals surface area contributed by atoms with Crippen LogP contribution in [0.1, 0.15) is 16.8 Å². The van der Waals surface area contributed by atoms with Gasteiger partial charge >= 0.3 is 5.97 Å². The van der Waals surface area contributed by atoms with E-state index in [0.29, 0.717) is 25.2 Å². The van der Waals surface area contributed by atoms with E-state index in [1.54, 1.807) is 11.4 Å². The van der Waals surface area contributed by atoms with E-state index in [1.807, 2.05) is 5.38 Å². The number of amides is 1. The summed E-state index contributed by atoms with van der Waals surface area (Å²) in [5.74, 6) is -1.21. The summed E-state index contributed by atoms with van der Waals surface area (Å²) >= 11 is 1.44. The summed E-state index contributed by atoms with van der Waals surface area (Å²) in [5.41, 5.74) is 0.590. The molecule has 0 bridgehead atoms. The lowest BCUT2D eigenvalue weighted by Crippen LogP contribution is -2.50. The summed E-state index contributed by atoms with van der Waals surface area (Å²) in [6, 6.07) is 1.41. The van der Waals surface area contributed by atoms with Crippen molar-refractivity contribution in [1.29, 1.82) is 0 Å². The standard InChI is InChI=1S/C12H15NO5S/c14-11(15)6-18-10-1-3-17-5-9(10)13-12(16)8-2-4-19-7-8/h2,4,7,9-10H,1,3,5-6H2,(H,13,16)(H,14,15)/t9-,10+/m0/s1. The highest BCUT2D eigenvalue weighted by Crippen LogP contribution is 2.13. The van der Waals surface area contributed by atoms with Crippen LogP contribution in [0.5, 0.6) is 0 Å². The number of carbonyl (C=O) groups excluding carboxylic acids is 1. The Labute approximate surface area is 114 Å². The number of carboxylic acids is 1. The van der Waals surface area contributed by atoms with Gasteiger partial charge in [0, 0.05) is 17.6 Å². The van der Waals surface area contributed by atoms with Crippen molar-refractivity contribution in [1.82, 2.24) is 5.32 Å². The van der Waals surface area contributed by atoms with E-state index in [0.717, 1.165) is 0 Å². The first-order valence-electron chi connectivity index (χ1n) is 5.91. The molecule has 2 atom stereocenters. The number of nitrogens with one attached hydrogen (secondary N) is 1. The van der Waals surface area contributed by atoms with E-state index in [1.165, 1.54) is 11.3 Å². The van der Waals surface area contributed by atoms with E-state index < -0.39 is 5.97 Å². The molecule has 0 saturated carbocycles. The Kier molecular flexibility index (Phi) is 4.89. The second kappa shape index (κ2) is 6.65. The summed E-state index contributed by atoms with van der Waals surface area (Å²) in [7, 11) is 0. The lowest BCUT2D eigenvalue weighted by atomic mass is 10.1. The molecule has 19 heavy (non-hydrogen) atoms. The summed E-state index contributed by atoms with van der Waals surface area (Å²) in [6.45, 7) is 0.477. The number of carbonyl (C=O) groups is 2. The molecule has 2 N–H and O–H groups in total. The second-order valence-electron chi connectivity index (χ2n) is 4.20. The first-order chi connectivity index (χ1) is 9.16. The molecule has 2 heterocycles. The van der Waals surface area contributed by atoms with Crippen LogP contribution in [0.25, 0.3) is 0 Å². The lowest BCUT2D eigenvalue weighted by Gasteiger charge is -2.31. The minimum absolute atomic E-state index is 0.194. The Morgan fingerprint density at radius 3 is 3.11 bits per heavy atom. The third-order valence-corrected chi connectivity index (χ3v) is 3.50. The topological polar surface area (TPSA) is 84.9 Å². The van der Waals surface area contributed by atoms with Crippen molar-refractivity contribution in [3.05, 3.63) is 22.4 Å². The first kappa shape index (κ1) is 14.0. The highest BCUT2D eigenvalue weighted by Gasteiger charge is 2.28. The van der Waals surface area contributed by atoms with Crippen molar-refractivity contribution in [2.75, 3.05) is 19.8 Å². The van der Waals surface area contributed by atoms with E-state index in [9.17, 15) is 9.59 Å². The highest BCUT2D eigenvalue weighted by molar-refractivity contribution is 7.08. The molecule has 2 rings (SSSR count). The van der Waals surface area contributed by atoms with Crippen molar-refractivity contribution in [3.8, 4) is 0 Å². The van der Waals surface area contributed by atoms with Crippen molar-refractivity contribution >= 4 is 23.2 Å². The summed E-state index contributed by atoms with van der Waals surface area (Å²) in [4.78, 5) is 22.4. The van der Waals surface area contributed by atoms with Gasteiger partial charge in [0.1, 0.15) is 6.61 Å². The molecule has 1 aromatic rings. The van der Waals surface area contributed by atoms with Crippen LogP contribution >= 0.6 is 11.3 Å². The fourth-order valence-electron chi connectivity index (χ4n) is 1.88. The van der Waals surface area contributed by atoms with Crippen LogP contribution in [0, 0.1) is 0 Å². The molecule has 0 radical (unpaired) electrons. The van der Waals surface area contributed by atoms with Gasteiger partial charge in [0.05, 0.1) is 18.8 Å². The monoisotopic (exact) mass is 285 g/mol. The fraction of sp³-hybridized carbons (Fsp3) is 0.500. The molecule has 1 aliphatic heterocycles. The van der Waals surface area contributed by atoms with Gasteiger partial charge in [-0.25, -0.2) is 4.79 Å². The number of thiophene rings is 1. The van der Waals surface area contributed by atoms with Crippen LogP contribution in [0.3, 0.4) is 0 Å². The fourth-order valence-corrected chi connectivity index (χ4v) is 2.51. The minimum Gasteiger partial charge on any atom is -0.480 e. The van der Waals surface area contributed by atoms with Crippen LogP contribution in [0.4, 0.5) is 0 Å². The molecule has 0 aromatic carbocycles. The molecule has 1 amide bonds. The third kappa shape index (κ3) is 4.02. The molecule has 0 spiro atoms. The molecular formula is C12H15NO5S. The summed E-state index contributed by atoms with van der Waals surface area (Å²) in [5, 5.41) is 15.0. The van der Waals surface area contributed by atoms with Gasteiger partial charge in [0.2, 0.25) is 0 Å². The predicted octanol–water partition coefficient (Wildman–Crippen LogP) is 0.737. The quantitative estimate of drug-likeness (QED) is 0.833. The Hall–Kier alpha value is -1.44. The van der Waals surface area contributed by atoms with Gasteiger partial charge < -0.3 is 19.9 Å². The average Bonchev–Trinajstić information content (AvgIpc) is 2.91. The molecule has 1 aromatic heterocycles. The van der Waals surface area contributed by atoms with E-state index in [4.69, 9.17) is 14.6 Å².